The Kier molecular flexibility index (Phi) is 7.50. The molecule has 1 unspecified atom stereocenters. The number of sulfonamides is 1. The summed E-state index contributed by atoms with van der Waals surface area (Å²) in [5.41, 5.74) is 1.07. The lowest BCUT2D eigenvalue weighted by Crippen LogP contribution is -2.57. The Morgan fingerprint density at radius 3 is 2.21 bits per heavy atom. The number of carbonyl (C=O) groups is 1. The van der Waals surface area contributed by atoms with E-state index in [0.717, 1.165) is 5.56 Å². The highest BCUT2D eigenvalue weighted by molar-refractivity contribution is 7.89. The average Bonchev–Trinajstić information content (AvgIpc) is 2.67. The van der Waals surface area contributed by atoms with Gasteiger partial charge in [-0.15, -0.1) is 12.4 Å². The van der Waals surface area contributed by atoms with Crippen molar-refractivity contribution in [3.63, 3.8) is 0 Å². The van der Waals surface area contributed by atoms with Gasteiger partial charge < -0.3 is 15.0 Å². The Morgan fingerprint density at radius 1 is 1.11 bits per heavy atom. The molecule has 28 heavy (non-hydrogen) atoms. The van der Waals surface area contributed by atoms with Gasteiger partial charge in [-0.05, 0) is 23.1 Å². The second-order valence-corrected chi connectivity index (χ2v) is 10.0. The van der Waals surface area contributed by atoms with E-state index < -0.39 is 10.0 Å². The molecule has 1 amide bonds. The second kappa shape index (κ2) is 9.09. The number of halogens is 1. The molecule has 3 rings (SSSR count). The Morgan fingerprint density at radius 2 is 1.71 bits per heavy atom. The Balaban J connectivity index is 0.00000280. The van der Waals surface area contributed by atoms with Crippen molar-refractivity contribution in [1.29, 1.82) is 0 Å². The van der Waals surface area contributed by atoms with E-state index in [1.165, 1.54) is 4.31 Å². The number of benzene rings is 1. The summed E-state index contributed by atoms with van der Waals surface area (Å²) < 4.78 is 32.6. The van der Waals surface area contributed by atoms with Gasteiger partial charge in [0.05, 0.1) is 18.1 Å². The first kappa shape index (κ1) is 23.1. The zero-order chi connectivity index (χ0) is 19.7. The molecule has 2 fully saturated rings. The quantitative estimate of drug-likeness (QED) is 0.778. The van der Waals surface area contributed by atoms with Gasteiger partial charge in [-0.1, -0.05) is 32.9 Å². The van der Waals surface area contributed by atoms with Crippen molar-refractivity contribution in [3.8, 4) is 0 Å². The standard InChI is InChI=1S/C19H29N3O4S.ClH/c1-19(2,3)15-4-6-16(7-5-15)27(24,25)22-11-9-21(10-12-22)18(23)17-14-26-13-8-20-17;/h4-7,17,20H,8-14H2,1-3H3;1H. The summed E-state index contributed by atoms with van der Waals surface area (Å²) in [4.78, 5) is 14.6. The van der Waals surface area contributed by atoms with Gasteiger partial charge in [0.1, 0.15) is 6.04 Å². The van der Waals surface area contributed by atoms with Crippen LogP contribution in [0.2, 0.25) is 0 Å². The van der Waals surface area contributed by atoms with E-state index >= 15 is 0 Å². The summed E-state index contributed by atoms with van der Waals surface area (Å²) in [6.45, 7) is 9.35. The van der Waals surface area contributed by atoms with Gasteiger partial charge in [-0.2, -0.15) is 4.31 Å². The van der Waals surface area contributed by atoms with E-state index in [1.807, 2.05) is 12.1 Å². The Labute approximate surface area is 173 Å². The molecule has 158 valence electrons. The molecule has 0 radical (unpaired) electrons. The molecule has 7 nitrogen and oxygen atoms in total. The molecule has 1 aromatic rings. The first-order valence-corrected chi connectivity index (χ1v) is 10.8. The fourth-order valence-corrected chi connectivity index (χ4v) is 4.79. The smallest absolute Gasteiger partial charge is 0.243 e. The van der Waals surface area contributed by atoms with Crippen LogP contribution in [0.5, 0.6) is 0 Å². The topological polar surface area (TPSA) is 79.0 Å². The maximum absolute atomic E-state index is 12.9. The zero-order valence-electron chi connectivity index (χ0n) is 16.7. The predicted molar refractivity (Wildman–Crippen MR) is 110 cm³/mol. The number of hydrogen-bond acceptors (Lipinski definition) is 5. The maximum Gasteiger partial charge on any atom is 0.243 e. The van der Waals surface area contributed by atoms with Crippen molar-refractivity contribution in [2.24, 2.45) is 0 Å². The van der Waals surface area contributed by atoms with E-state index in [2.05, 4.69) is 26.1 Å². The molecule has 0 saturated carbocycles. The molecule has 1 N–H and O–H groups in total. The minimum Gasteiger partial charge on any atom is -0.378 e. The van der Waals surface area contributed by atoms with E-state index in [9.17, 15) is 13.2 Å². The number of nitrogens with one attached hydrogen (secondary N) is 1. The Bertz CT molecular complexity index is 763. The molecule has 0 bridgehead atoms. The van der Waals surface area contributed by atoms with Crippen LogP contribution in [0, 0.1) is 0 Å². The first-order chi connectivity index (χ1) is 12.7. The summed E-state index contributed by atoms with van der Waals surface area (Å²) in [5.74, 6) is -0.0127. The first-order valence-electron chi connectivity index (χ1n) is 9.40. The van der Waals surface area contributed by atoms with Gasteiger partial charge in [-0.3, -0.25) is 4.79 Å². The summed E-state index contributed by atoms with van der Waals surface area (Å²) in [7, 11) is -3.54. The third-order valence-corrected chi connectivity index (χ3v) is 7.04. The summed E-state index contributed by atoms with van der Waals surface area (Å²) >= 11 is 0. The molecule has 1 atom stereocenters. The number of morpholine rings is 1. The van der Waals surface area contributed by atoms with Crippen LogP contribution in [-0.4, -0.2) is 75.5 Å². The number of ether oxygens (including phenoxy) is 1. The van der Waals surface area contributed by atoms with Crippen LogP contribution >= 0.6 is 12.4 Å². The molecule has 0 aromatic heterocycles. The molecule has 2 aliphatic rings. The van der Waals surface area contributed by atoms with Gasteiger partial charge in [0.15, 0.2) is 0 Å². The van der Waals surface area contributed by atoms with Crippen LogP contribution in [-0.2, 0) is 25.0 Å². The number of rotatable bonds is 3. The van der Waals surface area contributed by atoms with Gasteiger partial charge >= 0.3 is 0 Å². The third-order valence-electron chi connectivity index (χ3n) is 5.13. The normalized spacial score (nSPS) is 21.8. The lowest BCUT2D eigenvalue weighted by molar-refractivity contribution is -0.137. The van der Waals surface area contributed by atoms with Crippen molar-refractivity contribution in [3.05, 3.63) is 29.8 Å². The molecular formula is C19H30ClN3O4S. The Hall–Kier alpha value is -1.19. The van der Waals surface area contributed by atoms with Crippen molar-refractivity contribution < 1.29 is 17.9 Å². The van der Waals surface area contributed by atoms with E-state index in [-0.39, 0.29) is 29.8 Å². The zero-order valence-corrected chi connectivity index (χ0v) is 18.3. The number of amides is 1. The molecule has 0 spiro atoms. The lowest BCUT2D eigenvalue weighted by atomic mass is 9.87. The van der Waals surface area contributed by atoms with Gasteiger partial charge in [-0.25, -0.2) is 8.42 Å². The molecule has 2 heterocycles. The third kappa shape index (κ3) is 5.04. The highest BCUT2D eigenvalue weighted by Gasteiger charge is 2.33. The fourth-order valence-electron chi connectivity index (χ4n) is 3.37. The molecule has 0 aliphatic carbocycles. The van der Waals surface area contributed by atoms with Crippen LogP contribution in [0.25, 0.3) is 0 Å². The predicted octanol–water partition coefficient (Wildman–Crippen LogP) is 1.23. The van der Waals surface area contributed by atoms with Crippen LogP contribution in [0.4, 0.5) is 0 Å². The number of carbonyl (C=O) groups excluding carboxylic acids is 1. The summed E-state index contributed by atoms with van der Waals surface area (Å²) in [6, 6.07) is 6.78. The van der Waals surface area contributed by atoms with Crippen LogP contribution in [0.3, 0.4) is 0 Å². The van der Waals surface area contributed by atoms with Crippen LogP contribution < -0.4 is 5.32 Å². The van der Waals surface area contributed by atoms with Crippen molar-refractivity contribution in [1.82, 2.24) is 14.5 Å². The van der Waals surface area contributed by atoms with Crippen LogP contribution in [0.1, 0.15) is 26.3 Å². The van der Waals surface area contributed by atoms with Gasteiger partial charge in [0.2, 0.25) is 15.9 Å². The maximum atomic E-state index is 12.9. The average molecular weight is 432 g/mol. The lowest BCUT2D eigenvalue weighted by Gasteiger charge is -2.36. The summed E-state index contributed by atoms with van der Waals surface area (Å²) in [6.07, 6.45) is 0. The molecule has 2 saturated heterocycles. The van der Waals surface area contributed by atoms with Gasteiger partial charge in [0, 0.05) is 32.7 Å². The van der Waals surface area contributed by atoms with E-state index in [0.29, 0.717) is 50.8 Å². The highest BCUT2D eigenvalue weighted by Crippen LogP contribution is 2.25. The number of hydrogen-bond donors (Lipinski definition) is 1. The SMILES string of the molecule is CC(C)(C)c1ccc(S(=O)(=O)N2CCN(C(=O)C3COCCN3)CC2)cc1.Cl. The van der Waals surface area contributed by atoms with Crippen molar-refractivity contribution in [2.45, 2.75) is 37.1 Å². The minimum atomic E-state index is -3.54. The van der Waals surface area contributed by atoms with Crippen molar-refractivity contribution in [2.75, 3.05) is 45.9 Å². The molecule has 2 aliphatic heterocycles. The number of piperazine rings is 1. The van der Waals surface area contributed by atoms with Gasteiger partial charge in [0.25, 0.3) is 0 Å². The largest absolute Gasteiger partial charge is 0.378 e. The molecular weight excluding hydrogens is 402 g/mol. The molecule has 9 heteroatoms. The fraction of sp³-hybridized carbons (Fsp3) is 0.632. The van der Waals surface area contributed by atoms with E-state index in [4.69, 9.17) is 4.74 Å². The van der Waals surface area contributed by atoms with Crippen molar-refractivity contribution >= 4 is 28.3 Å². The second-order valence-electron chi connectivity index (χ2n) is 8.09. The summed E-state index contributed by atoms with van der Waals surface area (Å²) in [5, 5.41) is 3.15. The minimum absolute atomic E-state index is 0. The highest BCUT2D eigenvalue weighted by atomic mass is 35.5. The monoisotopic (exact) mass is 431 g/mol. The van der Waals surface area contributed by atoms with Crippen LogP contribution in [0.15, 0.2) is 29.2 Å². The molecule has 1 aromatic carbocycles. The number of nitrogens with zero attached hydrogens (tertiary/aromatic N) is 2. The van der Waals surface area contributed by atoms with E-state index in [1.54, 1.807) is 17.0 Å².